The molecule has 1 fully saturated rings. The largest absolute Gasteiger partial charge is 0.338 e. The molecular formula is C13H16N4O4. The van der Waals surface area contributed by atoms with Gasteiger partial charge in [0.2, 0.25) is 5.91 Å². The number of piperazine rings is 1. The Bertz CT molecular complexity index is 567. The highest BCUT2D eigenvalue weighted by atomic mass is 16.6. The molecule has 1 heterocycles. The quantitative estimate of drug-likeness (QED) is 0.614. The van der Waals surface area contributed by atoms with E-state index in [1.165, 1.54) is 18.2 Å². The normalized spacial score (nSPS) is 14.9. The van der Waals surface area contributed by atoms with Crippen molar-refractivity contribution in [3.05, 3.63) is 39.9 Å². The van der Waals surface area contributed by atoms with Crippen molar-refractivity contribution >= 4 is 17.5 Å². The first kappa shape index (κ1) is 14.9. The van der Waals surface area contributed by atoms with Crippen LogP contribution in [0.1, 0.15) is 10.4 Å². The van der Waals surface area contributed by atoms with Crippen LogP contribution in [0.5, 0.6) is 0 Å². The molecular weight excluding hydrogens is 276 g/mol. The van der Waals surface area contributed by atoms with Gasteiger partial charge in [0.05, 0.1) is 11.5 Å². The second kappa shape index (κ2) is 6.31. The van der Waals surface area contributed by atoms with Crippen LogP contribution < -0.4 is 5.73 Å². The molecule has 0 bridgehead atoms. The summed E-state index contributed by atoms with van der Waals surface area (Å²) < 4.78 is 0. The lowest BCUT2D eigenvalue weighted by molar-refractivity contribution is -0.384. The molecule has 1 aliphatic heterocycles. The van der Waals surface area contributed by atoms with Crippen molar-refractivity contribution < 1.29 is 14.5 Å². The molecule has 0 unspecified atom stereocenters. The molecule has 0 saturated carbocycles. The molecule has 1 aliphatic rings. The van der Waals surface area contributed by atoms with Gasteiger partial charge in [-0.3, -0.25) is 19.7 Å². The average molecular weight is 292 g/mol. The number of non-ortho nitro benzene ring substituents is 1. The molecule has 1 aromatic carbocycles. The molecule has 1 saturated heterocycles. The van der Waals surface area contributed by atoms with Gasteiger partial charge >= 0.3 is 0 Å². The SMILES string of the molecule is NCC(=O)N1CCN(C(=O)c2cccc([N+](=O)[O-])c2)CC1. The van der Waals surface area contributed by atoms with Crippen molar-refractivity contribution in [1.29, 1.82) is 0 Å². The maximum Gasteiger partial charge on any atom is 0.270 e. The van der Waals surface area contributed by atoms with E-state index in [0.717, 1.165) is 0 Å². The number of hydrogen-bond acceptors (Lipinski definition) is 5. The molecule has 1 aromatic rings. The summed E-state index contributed by atoms with van der Waals surface area (Å²) in [6, 6.07) is 5.64. The van der Waals surface area contributed by atoms with Crippen LogP contribution in [0.2, 0.25) is 0 Å². The van der Waals surface area contributed by atoms with Gasteiger partial charge in [-0.15, -0.1) is 0 Å². The molecule has 8 heteroatoms. The number of rotatable bonds is 3. The molecule has 2 amide bonds. The number of carbonyl (C=O) groups excluding carboxylic acids is 2. The van der Waals surface area contributed by atoms with Crippen LogP contribution in [0.4, 0.5) is 5.69 Å². The number of nitro benzene ring substituents is 1. The highest BCUT2D eigenvalue weighted by Crippen LogP contribution is 2.15. The molecule has 0 radical (unpaired) electrons. The lowest BCUT2D eigenvalue weighted by atomic mass is 10.1. The summed E-state index contributed by atoms with van der Waals surface area (Å²) in [6.07, 6.45) is 0. The van der Waals surface area contributed by atoms with Crippen molar-refractivity contribution in [3.63, 3.8) is 0 Å². The Morgan fingerprint density at radius 1 is 1.19 bits per heavy atom. The fraction of sp³-hybridized carbons (Fsp3) is 0.385. The Morgan fingerprint density at radius 3 is 2.38 bits per heavy atom. The van der Waals surface area contributed by atoms with E-state index in [0.29, 0.717) is 26.2 Å². The maximum absolute atomic E-state index is 12.3. The van der Waals surface area contributed by atoms with Crippen LogP contribution >= 0.6 is 0 Å². The third kappa shape index (κ3) is 3.34. The Kier molecular flexibility index (Phi) is 4.49. The molecule has 0 aromatic heterocycles. The van der Waals surface area contributed by atoms with Crippen molar-refractivity contribution in [1.82, 2.24) is 9.80 Å². The number of nitrogens with two attached hydrogens (primary N) is 1. The fourth-order valence-corrected chi connectivity index (χ4v) is 2.22. The number of amides is 2. The highest BCUT2D eigenvalue weighted by molar-refractivity contribution is 5.95. The highest BCUT2D eigenvalue weighted by Gasteiger charge is 2.24. The molecule has 0 spiro atoms. The third-order valence-corrected chi connectivity index (χ3v) is 3.40. The minimum atomic E-state index is -0.533. The fourth-order valence-electron chi connectivity index (χ4n) is 2.22. The molecule has 8 nitrogen and oxygen atoms in total. The van der Waals surface area contributed by atoms with Gasteiger partial charge in [-0.2, -0.15) is 0 Å². The van der Waals surface area contributed by atoms with Crippen LogP contribution in [-0.2, 0) is 4.79 Å². The van der Waals surface area contributed by atoms with Gasteiger partial charge in [-0.25, -0.2) is 0 Å². The Balaban J connectivity index is 2.03. The first-order chi connectivity index (χ1) is 10.0. The smallest absolute Gasteiger partial charge is 0.270 e. The zero-order chi connectivity index (χ0) is 15.4. The van der Waals surface area contributed by atoms with Crippen LogP contribution in [0.3, 0.4) is 0 Å². The van der Waals surface area contributed by atoms with Crippen molar-refractivity contribution in [2.45, 2.75) is 0 Å². The van der Waals surface area contributed by atoms with Gasteiger partial charge in [0.15, 0.2) is 0 Å². The number of benzene rings is 1. The summed E-state index contributed by atoms with van der Waals surface area (Å²) in [5, 5.41) is 10.7. The van der Waals surface area contributed by atoms with Gasteiger partial charge in [0.1, 0.15) is 0 Å². The predicted molar refractivity (Wildman–Crippen MR) is 74.6 cm³/mol. The first-order valence-corrected chi connectivity index (χ1v) is 6.54. The monoisotopic (exact) mass is 292 g/mol. The third-order valence-electron chi connectivity index (χ3n) is 3.40. The predicted octanol–water partition coefficient (Wildman–Crippen LogP) is -0.162. The zero-order valence-electron chi connectivity index (χ0n) is 11.4. The maximum atomic E-state index is 12.3. The first-order valence-electron chi connectivity index (χ1n) is 6.54. The van der Waals surface area contributed by atoms with Crippen molar-refractivity contribution in [2.24, 2.45) is 5.73 Å². The minimum absolute atomic E-state index is 0.0428. The van der Waals surface area contributed by atoms with Gasteiger partial charge in [0, 0.05) is 43.9 Å². The van der Waals surface area contributed by atoms with E-state index in [2.05, 4.69) is 0 Å². The molecule has 21 heavy (non-hydrogen) atoms. The van der Waals surface area contributed by atoms with Gasteiger partial charge in [0.25, 0.3) is 11.6 Å². The van der Waals surface area contributed by atoms with Crippen LogP contribution in [0, 0.1) is 10.1 Å². The Labute approximate surface area is 121 Å². The van der Waals surface area contributed by atoms with Gasteiger partial charge in [-0.05, 0) is 6.07 Å². The summed E-state index contributed by atoms with van der Waals surface area (Å²) in [4.78, 5) is 37.1. The van der Waals surface area contributed by atoms with E-state index in [9.17, 15) is 19.7 Å². The average Bonchev–Trinajstić information content (AvgIpc) is 2.53. The number of hydrogen-bond donors (Lipinski definition) is 1. The second-order valence-electron chi connectivity index (χ2n) is 4.68. The summed E-state index contributed by atoms with van der Waals surface area (Å²) in [7, 11) is 0. The summed E-state index contributed by atoms with van der Waals surface area (Å²) in [5.74, 6) is -0.406. The van der Waals surface area contributed by atoms with E-state index in [4.69, 9.17) is 5.73 Å². The van der Waals surface area contributed by atoms with E-state index in [-0.39, 0.29) is 29.6 Å². The van der Waals surface area contributed by atoms with Crippen LogP contribution in [0.15, 0.2) is 24.3 Å². The topological polar surface area (TPSA) is 110 Å². The molecule has 0 aliphatic carbocycles. The summed E-state index contributed by atoms with van der Waals surface area (Å²) in [6.45, 7) is 1.60. The molecule has 2 rings (SSSR count). The standard InChI is InChI=1S/C13H16N4O4/c14-9-12(18)15-4-6-16(7-5-15)13(19)10-2-1-3-11(8-10)17(20)21/h1-3,8H,4-7,9,14H2. The van der Waals surface area contributed by atoms with Gasteiger partial charge < -0.3 is 15.5 Å². The molecule has 0 atom stereocenters. The van der Waals surface area contributed by atoms with E-state index < -0.39 is 4.92 Å². The van der Waals surface area contributed by atoms with E-state index >= 15 is 0 Å². The Morgan fingerprint density at radius 2 is 1.81 bits per heavy atom. The molecule has 2 N–H and O–H groups in total. The van der Waals surface area contributed by atoms with E-state index in [1.54, 1.807) is 15.9 Å². The lowest BCUT2D eigenvalue weighted by Gasteiger charge is -2.34. The van der Waals surface area contributed by atoms with Crippen LogP contribution in [0.25, 0.3) is 0 Å². The van der Waals surface area contributed by atoms with Gasteiger partial charge in [-0.1, -0.05) is 6.07 Å². The molecule has 112 valence electrons. The summed E-state index contributed by atoms with van der Waals surface area (Å²) in [5.41, 5.74) is 5.46. The lowest BCUT2D eigenvalue weighted by Crippen LogP contribution is -2.51. The van der Waals surface area contributed by atoms with Crippen molar-refractivity contribution in [3.8, 4) is 0 Å². The second-order valence-corrected chi connectivity index (χ2v) is 4.68. The number of nitro groups is 1. The summed E-state index contributed by atoms with van der Waals surface area (Å²) >= 11 is 0. The zero-order valence-corrected chi connectivity index (χ0v) is 11.4. The minimum Gasteiger partial charge on any atom is -0.338 e. The Hall–Kier alpha value is -2.48. The van der Waals surface area contributed by atoms with Crippen LogP contribution in [-0.4, -0.2) is 59.3 Å². The number of carbonyl (C=O) groups is 2. The number of nitrogens with zero attached hydrogens (tertiary/aromatic N) is 3. The van der Waals surface area contributed by atoms with Crippen molar-refractivity contribution in [2.75, 3.05) is 32.7 Å². The van der Waals surface area contributed by atoms with E-state index in [1.807, 2.05) is 0 Å².